The predicted molar refractivity (Wildman–Crippen MR) is 104 cm³/mol. The highest BCUT2D eigenvalue weighted by atomic mass is 16.5. The summed E-state index contributed by atoms with van der Waals surface area (Å²) in [5.41, 5.74) is 2.68. The van der Waals surface area contributed by atoms with E-state index < -0.39 is 0 Å². The lowest BCUT2D eigenvalue weighted by atomic mass is 10.2. The second-order valence-corrected chi connectivity index (χ2v) is 6.01. The standard InChI is InChI=1S/C22H21NO4/c1-3-26-22(25)18-10-7-11-19(14-18)23-13-12-20(24)21(16(23)2)27-15-17-8-5-4-6-9-17/h4-14H,3,15H2,1-2H3. The maximum Gasteiger partial charge on any atom is 0.338 e. The minimum atomic E-state index is -0.376. The zero-order valence-corrected chi connectivity index (χ0v) is 15.3. The fraction of sp³-hybridized carbons (Fsp3) is 0.182. The first-order chi connectivity index (χ1) is 13.1. The minimum absolute atomic E-state index is 0.179. The second-order valence-electron chi connectivity index (χ2n) is 6.01. The third kappa shape index (κ3) is 4.26. The van der Waals surface area contributed by atoms with E-state index in [1.165, 1.54) is 6.07 Å². The highest BCUT2D eigenvalue weighted by Crippen LogP contribution is 2.19. The van der Waals surface area contributed by atoms with Crippen molar-refractivity contribution in [2.45, 2.75) is 20.5 Å². The summed E-state index contributed by atoms with van der Waals surface area (Å²) in [6, 6.07) is 18.2. The molecule has 5 nitrogen and oxygen atoms in total. The molecule has 0 unspecified atom stereocenters. The number of nitrogens with zero attached hydrogens (tertiary/aromatic N) is 1. The molecule has 0 radical (unpaired) electrons. The SMILES string of the molecule is CCOC(=O)c1cccc(-n2ccc(=O)c(OCc3ccccc3)c2C)c1. The maximum atomic E-state index is 12.3. The van der Waals surface area contributed by atoms with Gasteiger partial charge in [0.05, 0.1) is 17.9 Å². The van der Waals surface area contributed by atoms with Crippen molar-refractivity contribution in [3.05, 3.63) is 93.9 Å². The molecular weight excluding hydrogens is 342 g/mol. The number of ether oxygens (including phenoxy) is 2. The number of pyridine rings is 1. The molecule has 0 atom stereocenters. The first kappa shape index (κ1) is 18.5. The third-order valence-corrected chi connectivity index (χ3v) is 4.15. The predicted octanol–water partition coefficient (Wildman–Crippen LogP) is 3.90. The fourth-order valence-electron chi connectivity index (χ4n) is 2.80. The summed E-state index contributed by atoms with van der Waals surface area (Å²) in [6.07, 6.45) is 1.68. The molecule has 0 aliphatic heterocycles. The van der Waals surface area contributed by atoms with E-state index in [4.69, 9.17) is 9.47 Å². The van der Waals surface area contributed by atoms with E-state index in [2.05, 4.69) is 0 Å². The Morgan fingerprint density at radius 2 is 1.81 bits per heavy atom. The van der Waals surface area contributed by atoms with E-state index in [-0.39, 0.29) is 11.4 Å². The Morgan fingerprint density at radius 1 is 1.04 bits per heavy atom. The largest absolute Gasteiger partial charge is 0.483 e. The molecule has 138 valence electrons. The number of hydrogen-bond donors (Lipinski definition) is 0. The van der Waals surface area contributed by atoms with Gasteiger partial charge in [-0.1, -0.05) is 36.4 Å². The second kappa shape index (κ2) is 8.36. The summed E-state index contributed by atoms with van der Waals surface area (Å²) < 4.78 is 12.7. The van der Waals surface area contributed by atoms with E-state index in [0.717, 1.165) is 11.3 Å². The van der Waals surface area contributed by atoms with Crippen molar-refractivity contribution in [2.24, 2.45) is 0 Å². The van der Waals surface area contributed by atoms with Crippen LogP contribution in [-0.2, 0) is 11.3 Å². The molecule has 0 fully saturated rings. The van der Waals surface area contributed by atoms with Crippen LogP contribution in [0.5, 0.6) is 5.75 Å². The Morgan fingerprint density at radius 3 is 2.56 bits per heavy atom. The van der Waals surface area contributed by atoms with Crippen LogP contribution in [0.15, 0.2) is 71.7 Å². The molecule has 0 spiro atoms. The van der Waals surface area contributed by atoms with E-state index in [9.17, 15) is 9.59 Å². The van der Waals surface area contributed by atoms with E-state index >= 15 is 0 Å². The van der Waals surface area contributed by atoms with Crippen molar-refractivity contribution in [1.82, 2.24) is 4.57 Å². The van der Waals surface area contributed by atoms with Crippen molar-refractivity contribution in [3.63, 3.8) is 0 Å². The van der Waals surface area contributed by atoms with Crippen molar-refractivity contribution in [3.8, 4) is 11.4 Å². The van der Waals surface area contributed by atoms with Crippen LogP contribution in [0.25, 0.3) is 5.69 Å². The Balaban J connectivity index is 1.92. The highest BCUT2D eigenvalue weighted by Gasteiger charge is 2.12. The minimum Gasteiger partial charge on any atom is -0.483 e. The number of aromatic nitrogens is 1. The molecule has 0 N–H and O–H groups in total. The molecule has 0 amide bonds. The van der Waals surface area contributed by atoms with Gasteiger partial charge in [0.1, 0.15) is 6.61 Å². The van der Waals surface area contributed by atoms with Crippen LogP contribution in [0.4, 0.5) is 0 Å². The molecular formula is C22H21NO4. The number of carbonyl (C=O) groups is 1. The summed E-state index contributed by atoms with van der Waals surface area (Å²) in [7, 11) is 0. The molecule has 2 aromatic carbocycles. The van der Waals surface area contributed by atoms with Crippen LogP contribution >= 0.6 is 0 Å². The molecule has 0 saturated heterocycles. The lowest BCUT2D eigenvalue weighted by Crippen LogP contribution is -2.14. The first-order valence-corrected chi connectivity index (χ1v) is 8.76. The van der Waals surface area contributed by atoms with Gasteiger partial charge in [-0.2, -0.15) is 0 Å². The Hall–Kier alpha value is -3.34. The van der Waals surface area contributed by atoms with E-state index in [0.29, 0.717) is 30.2 Å². The van der Waals surface area contributed by atoms with Crippen LogP contribution in [0.2, 0.25) is 0 Å². The summed E-state index contributed by atoms with van der Waals surface area (Å²) in [5, 5.41) is 0. The molecule has 0 saturated carbocycles. The van der Waals surface area contributed by atoms with Crippen molar-refractivity contribution in [1.29, 1.82) is 0 Å². The Labute approximate surface area is 157 Å². The van der Waals surface area contributed by atoms with Crippen LogP contribution in [-0.4, -0.2) is 17.1 Å². The molecule has 0 aliphatic rings. The van der Waals surface area contributed by atoms with Crippen molar-refractivity contribution < 1.29 is 14.3 Å². The number of rotatable bonds is 6. The Kier molecular flexibility index (Phi) is 5.71. The normalized spacial score (nSPS) is 10.4. The first-order valence-electron chi connectivity index (χ1n) is 8.76. The summed E-state index contributed by atoms with van der Waals surface area (Å²) in [5.74, 6) is -0.0820. The van der Waals surface area contributed by atoms with Gasteiger partial charge in [0.2, 0.25) is 5.43 Å². The Bertz CT molecular complexity index is 993. The maximum absolute atomic E-state index is 12.3. The summed E-state index contributed by atoms with van der Waals surface area (Å²) in [4.78, 5) is 24.3. The fourth-order valence-corrected chi connectivity index (χ4v) is 2.80. The average molecular weight is 363 g/mol. The molecule has 1 aromatic heterocycles. The van der Waals surface area contributed by atoms with Crippen LogP contribution in [0, 0.1) is 6.92 Å². The lowest BCUT2D eigenvalue weighted by Gasteiger charge is -2.15. The molecule has 1 heterocycles. The lowest BCUT2D eigenvalue weighted by molar-refractivity contribution is 0.0526. The van der Waals surface area contributed by atoms with Gasteiger partial charge in [0, 0.05) is 18.0 Å². The van der Waals surface area contributed by atoms with Gasteiger partial charge in [-0.25, -0.2) is 4.79 Å². The monoisotopic (exact) mass is 363 g/mol. The summed E-state index contributed by atoms with van der Waals surface area (Å²) >= 11 is 0. The number of carbonyl (C=O) groups excluding carboxylic acids is 1. The van der Waals surface area contributed by atoms with Crippen molar-refractivity contribution >= 4 is 5.97 Å². The van der Waals surface area contributed by atoms with Gasteiger partial charge < -0.3 is 14.0 Å². The van der Waals surface area contributed by atoms with E-state index in [1.807, 2.05) is 47.9 Å². The highest BCUT2D eigenvalue weighted by molar-refractivity contribution is 5.90. The molecule has 0 bridgehead atoms. The molecule has 27 heavy (non-hydrogen) atoms. The van der Waals surface area contributed by atoms with Crippen molar-refractivity contribution in [2.75, 3.05) is 6.61 Å². The zero-order valence-electron chi connectivity index (χ0n) is 15.3. The zero-order chi connectivity index (χ0) is 19.2. The average Bonchev–Trinajstić information content (AvgIpc) is 2.69. The molecule has 0 aliphatic carbocycles. The summed E-state index contributed by atoms with van der Waals surface area (Å²) in [6.45, 7) is 4.21. The van der Waals surface area contributed by atoms with Crippen LogP contribution in [0.3, 0.4) is 0 Å². The van der Waals surface area contributed by atoms with Gasteiger partial charge in [0.25, 0.3) is 0 Å². The van der Waals surface area contributed by atoms with Gasteiger partial charge >= 0.3 is 5.97 Å². The quantitative estimate of drug-likeness (QED) is 0.623. The molecule has 3 rings (SSSR count). The number of benzene rings is 2. The van der Waals surface area contributed by atoms with Gasteiger partial charge in [-0.3, -0.25) is 4.79 Å². The number of esters is 1. The van der Waals surface area contributed by atoms with Crippen LogP contribution in [0.1, 0.15) is 28.5 Å². The third-order valence-electron chi connectivity index (χ3n) is 4.15. The molecule has 3 aromatic rings. The molecule has 5 heteroatoms. The van der Waals surface area contributed by atoms with Crippen LogP contribution < -0.4 is 10.2 Å². The smallest absolute Gasteiger partial charge is 0.338 e. The van der Waals surface area contributed by atoms with Gasteiger partial charge in [0.15, 0.2) is 5.75 Å². The van der Waals surface area contributed by atoms with Gasteiger partial charge in [-0.15, -0.1) is 0 Å². The number of hydrogen-bond acceptors (Lipinski definition) is 4. The van der Waals surface area contributed by atoms with Gasteiger partial charge in [-0.05, 0) is 37.6 Å². The topological polar surface area (TPSA) is 57.5 Å². The van der Waals surface area contributed by atoms with E-state index in [1.54, 1.807) is 31.3 Å².